The van der Waals surface area contributed by atoms with E-state index in [-0.39, 0.29) is 12.6 Å². The summed E-state index contributed by atoms with van der Waals surface area (Å²) in [7, 11) is 0. The van der Waals surface area contributed by atoms with Crippen LogP contribution in [0.4, 0.5) is 23.2 Å². The molecule has 0 bridgehead atoms. The lowest BCUT2D eigenvalue weighted by molar-refractivity contribution is 0.458. The van der Waals surface area contributed by atoms with E-state index in [1.165, 1.54) is 12.4 Å². The number of nitrogens with zero attached hydrogens (tertiary/aromatic N) is 1. The highest BCUT2D eigenvalue weighted by molar-refractivity contribution is 9.10. The number of hydrogen-bond donors (Lipinski definition) is 1. The van der Waals surface area contributed by atoms with Crippen molar-refractivity contribution in [1.82, 2.24) is 4.98 Å². The molecule has 1 N–H and O–H groups in total. The second-order valence-corrected chi connectivity index (χ2v) is 4.62. The van der Waals surface area contributed by atoms with E-state index in [0.29, 0.717) is 10.0 Å². The summed E-state index contributed by atoms with van der Waals surface area (Å²) < 4.78 is 53.3. The summed E-state index contributed by atoms with van der Waals surface area (Å²) in [5.74, 6) is -5.81. The number of pyridine rings is 1. The van der Waals surface area contributed by atoms with Crippen molar-refractivity contribution in [2.24, 2.45) is 0 Å². The molecule has 2 aromatic rings. The number of anilines is 1. The molecule has 2 rings (SSSR count). The number of halogens is 5. The molecule has 0 aliphatic rings. The molecule has 0 aliphatic carbocycles. The lowest BCUT2D eigenvalue weighted by atomic mass is 10.2. The zero-order chi connectivity index (χ0) is 14.0. The van der Waals surface area contributed by atoms with Crippen LogP contribution in [0, 0.1) is 23.3 Å². The maximum Gasteiger partial charge on any atom is 0.185 e. The summed E-state index contributed by atoms with van der Waals surface area (Å²) >= 11 is 3.18. The smallest absolute Gasteiger partial charge is 0.185 e. The highest BCUT2D eigenvalue weighted by atomic mass is 79.9. The Labute approximate surface area is 114 Å². The van der Waals surface area contributed by atoms with Gasteiger partial charge in [-0.25, -0.2) is 17.6 Å². The topological polar surface area (TPSA) is 24.9 Å². The van der Waals surface area contributed by atoms with Gasteiger partial charge in [0.1, 0.15) is 5.69 Å². The third-order valence-electron chi connectivity index (χ3n) is 2.34. The summed E-state index contributed by atoms with van der Waals surface area (Å²) in [6, 6.07) is 1.82. The first-order chi connectivity index (χ1) is 8.99. The molecule has 0 saturated carbocycles. The van der Waals surface area contributed by atoms with E-state index in [2.05, 4.69) is 26.2 Å². The Kier molecular flexibility index (Phi) is 4.04. The molecule has 2 nitrogen and oxygen atoms in total. The van der Waals surface area contributed by atoms with Crippen LogP contribution in [0.5, 0.6) is 0 Å². The van der Waals surface area contributed by atoms with Gasteiger partial charge in [0.2, 0.25) is 0 Å². The van der Waals surface area contributed by atoms with Crippen LogP contribution in [0.15, 0.2) is 29.0 Å². The van der Waals surface area contributed by atoms with Gasteiger partial charge in [-0.2, -0.15) is 0 Å². The van der Waals surface area contributed by atoms with Gasteiger partial charge < -0.3 is 5.32 Å². The molecular weight excluding hydrogens is 328 g/mol. The Morgan fingerprint density at radius 2 is 1.63 bits per heavy atom. The molecule has 7 heteroatoms. The fourth-order valence-electron chi connectivity index (χ4n) is 1.47. The number of benzene rings is 1. The Balaban J connectivity index is 2.25. The molecule has 1 heterocycles. The van der Waals surface area contributed by atoms with E-state index in [1.807, 2.05) is 0 Å². The summed E-state index contributed by atoms with van der Waals surface area (Å²) in [6.45, 7) is -0.0246. The Morgan fingerprint density at radius 3 is 2.21 bits per heavy atom. The van der Waals surface area contributed by atoms with Crippen molar-refractivity contribution in [1.29, 1.82) is 0 Å². The fraction of sp³-hybridized carbons (Fsp3) is 0.0833. The zero-order valence-corrected chi connectivity index (χ0v) is 10.9. The molecule has 0 radical (unpaired) electrons. The molecule has 0 saturated heterocycles. The lowest BCUT2D eigenvalue weighted by Gasteiger charge is -2.10. The van der Waals surface area contributed by atoms with Crippen LogP contribution in [0.25, 0.3) is 0 Å². The predicted molar refractivity (Wildman–Crippen MR) is 65.5 cm³/mol. The highest BCUT2D eigenvalue weighted by Gasteiger charge is 2.18. The number of hydrogen-bond acceptors (Lipinski definition) is 2. The fourth-order valence-corrected chi connectivity index (χ4v) is 1.88. The van der Waals surface area contributed by atoms with E-state index < -0.39 is 29.0 Å². The summed E-state index contributed by atoms with van der Waals surface area (Å²) in [4.78, 5) is 3.85. The number of aromatic nitrogens is 1. The van der Waals surface area contributed by atoms with Crippen molar-refractivity contribution in [3.63, 3.8) is 0 Å². The van der Waals surface area contributed by atoms with Gasteiger partial charge in [-0.05, 0) is 27.6 Å². The van der Waals surface area contributed by atoms with Gasteiger partial charge in [0.15, 0.2) is 23.3 Å². The molecule has 0 amide bonds. The van der Waals surface area contributed by atoms with Crippen molar-refractivity contribution in [2.45, 2.75) is 6.54 Å². The first-order valence-corrected chi connectivity index (χ1v) is 5.94. The maximum atomic E-state index is 13.4. The molecule has 0 spiro atoms. The van der Waals surface area contributed by atoms with Crippen molar-refractivity contribution in [2.75, 3.05) is 5.32 Å². The lowest BCUT2D eigenvalue weighted by Crippen LogP contribution is -2.07. The van der Waals surface area contributed by atoms with Gasteiger partial charge in [-0.15, -0.1) is 0 Å². The SMILES string of the molecule is Fc1cc(F)c(F)c(NCc2cncc(Br)c2)c1F. The van der Waals surface area contributed by atoms with Crippen LogP contribution >= 0.6 is 15.9 Å². The first kappa shape index (κ1) is 13.8. The third-order valence-corrected chi connectivity index (χ3v) is 2.78. The van der Waals surface area contributed by atoms with E-state index in [9.17, 15) is 17.6 Å². The summed E-state index contributed by atoms with van der Waals surface area (Å²) in [6.07, 6.45) is 3.00. The van der Waals surface area contributed by atoms with Crippen molar-refractivity contribution >= 4 is 21.6 Å². The average molecular weight is 335 g/mol. The quantitative estimate of drug-likeness (QED) is 0.677. The maximum absolute atomic E-state index is 13.4. The Morgan fingerprint density at radius 1 is 1.00 bits per heavy atom. The minimum Gasteiger partial charge on any atom is -0.376 e. The Hall–Kier alpha value is -1.63. The van der Waals surface area contributed by atoms with E-state index in [0.717, 1.165) is 0 Å². The number of nitrogens with one attached hydrogen (secondary N) is 1. The molecule has 100 valence electrons. The van der Waals surface area contributed by atoms with Crippen LogP contribution in [0.1, 0.15) is 5.56 Å². The van der Waals surface area contributed by atoms with Gasteiger partial charge in [0.25, 0.3) is 0 Å². The predicted octanol–water partition coefficient (Wildman–Crippen LogP) is 4.01. The van der Waals surface area contributed by atoms with E-state index in [4.69, 9.17) is 0 Å². The molecule has 1 aromatic carbocycles. The first-order valence-electron chi connectivity index (χ1n) is 5.15. The van der Waals surface area contributed by atoms with Crippen LogP contribution in [0.2, 0.25) is 0 Å². The van der Waals surface area contributed by atoms with Gasteiger partial charge in [-0.1, -0.05) is 0 Å². The molecule has 0 fully saturated rings. The van der Waals surface area contributed by atoms with Crippen LogP contribution < -0.4 is 5.32 Å². The minimum atomic E-state index is -1.46. The van der Waals surface area contributed by atoms with Gasteiger partial charge >= 0.3 is 0 Å². The van der Waals surface area contributed by atoms with Crippen molar-refractivity contribution < 1.29 is 17.6 Å². The molecule has 0 unspecified atom stereocenters. The monoisotopic (exact) mass is 334 g/mol. The minimum absolute atomic E-state index is 0.0246. The molecule has 19 heavy (non-hydrogen) atoms. The largest absolute Gasteiger partial charge is 0.376 e. The van der Waals surface area contributed by atoms with Crippen LogP contribution in [0.3, 0.4) is 0 Å². The summed E-state index contributed by atoms with van der Waals surface area (Å²) in [5, 5.41) is 2.32. The average Bonchev–Trinajstić information content (AvgIpc) is 2.36. The molecular formula is C12H7BrF4N2. The molecule has 0 aliphatic heterocycles. The van der Waals surface area contributed by atoms with Crippen molar-refractivity contribution in [3.8, 4) is 0 Å². The second kappa shape index (κ2) is 5.56. The normalized spacial score (nSPS) is 10.6. The number of rotatable bonds is 3. The van der Waals surface area contributed by atoms with Gasteiger partial charge in [0.05, 0.1) is 0 Å². The Bertz CT molecular complexity index is 593. The van der Waals surface area contributed by atoms with Crippen LogP contribution in [-0.4, -0.2) is 4.98 Å². The van der Waals surface area contributed by atoms with Crippen LogP contribution in [-0.2, 0) is 6.54 Å². The van der Waals surface area contributed by atoms with Gasteiger partial charge in [-0.3, -0.25) is 4.98 Å². The highest BCUT2D eigenvalue weighted by Crippen LogP contribution is 2.24. The van der Waals surface area contributed by atoms with E-state index in [1.54, 1.807) is 6.07 Å². The van der Waals surface area contributed by atoms with Gasteiger partial charge in [0, 0.05) is 29.5 Å². The second-order valence-electron chi connectivity index (χ2n) is 3.71. The van der Waals surface area contributed by atoms with Crippen molar-refractivity contribution in [3.05, 3.63) is 57.8 Å². The summed E-state index contributed by atoms with van der Waals surface area (Å²) in [5.41, 5.74) is -0.240. The zero-order valence-electron chi connectivity index (χ0n) is 9.35. The third kappa shape index (κ3) is 3.04. The standard InChI is InChI=1S/C12H7BrF4N2/c13-7-1-6(3-18-5-7)4-19-12-10(16)8(14)2-9(15)11(12)17/h1-3,5,19H,4H2. The molecule has 0 atom stereocenters. The molecule has 1 aromatic heterocycles. The van der Waals surface area contributed by atoms with E-state index >= 15 is 0 Å².